The van der Waals surface area contributed by atoms with Gasteiger partial charge in [0.15, 0.2) is 16.6 Å². The molecule has 146 valence electrons. The largest absolute Gasteiger partial charge is 0.494 e. The predicted octanol–water partition coefficient (Wildman–Crippen LogP) is 4.87. The molecule has 0 saturated carbocycles. The highest BCUT2D eigenvalue weighted by molar-refractivity contribution is 7.14. The van der Waals surface area contributed by atoms with E-state index in [1.165, 1.54) is 11.3 Å². The van der Waals surface area contributed by atoms with Crippen LogP contribution in [0.2, 0.25) is 0 Å². The number of thiazole rings is 1. The molecule has 0 aliphatic carbocycles. The molecule has 0 bridgehead atoms. The van der Waals surface area contributed by atoms with Gasteiger partial charge in [-0.2, -0.15) is 0 Å². The lowest BCUT2D eigenvalue weighted by Gasteiger charge is -2.08. The Morgan fingerprint density at radius 1 is 1.11 bits per heavy atom. The van der Waals surface area contributed by atoms with E-state index < -0.39 is 0 Å². The first-order chi connectivity index (χ1) is 13.6. The van der Waals surface area contributed by atoms with Crippen molar-refractivity contribution in [3.05, 3.63) is 53.4 Å². The SMILES string of the molecule is CCCOc1cccc(C(=O)Nc2nc(-c3ccc(OC)c(OC)c3)cs2)c1. The molecule has 0 fully saturated rings. The Morgan fingerprint density at radius 2 is 1.93 bits per heavy atom. The summed E-state index contributed by atoms with van der Waals surface area (Å²) in [5, 5.41) is 5.25. The van der Waals surface area contributed by atoms with Crippen LogP contribution < -0.4 is 19.5 Å². The van der Waals surface area contributed by atoms with E-state index in [4.69, 9.17) is 14.2 Å². The number of hydrogen-bond acceptors (Lipinski definition) is 6. The standard InChI is InChI=1S/C21H22N2O4S/c1-4-10-27-16-7-5-6-15(11-16)20(24)23-21-22-17(13-28-21)14-8-9-18(25-2)19(12-14)26-3/h5-9,11-13H,4,10H2,1-3H3,(H,22,23,24). The second-order valence-corrected chi connectivity index (χ2v) is 6.80. The summed E-state index contributed by atoms with van der Waals surface area (Å²) in [4.78, 5) is 17.0. The normalized spacial score (nSPS) is 10.4. The maximum absolute atomic E-state index is 12.5. The summed E-state index contributed by atoms with van der Waals surface area (Å²) in [5.41, 5.74) is 2.15. The molecule has 28 heavy (non-hydrogen) atoms. The van der Waals surface area contributed by atoms with Crippen LogP contribution in [0, 0.1) is 0 Å². The molecule has 1 heterocycles. The highest BCUT2D eigenvalue weighted by atomic mass is 32.1. The van der Waals surface area contributed by atoms with Crippen LogP contribution in [0.25, 0.3) is 11.3 Å². The minimum atomic E-state index is -0.227. The van der Waals surface area contributed by atoms with Crippen molar-refractivity contribution in [3.8, 4) is 28.5 Å². The summed E-state index contributed by atoms with van der Waals surface area (Å²) in [6, 6.07) is 12.7. The molecule has 1 N–H and O–H groups in total. The molecule has 0 saturated heterocycles. The molecule has 1 amide bonds. The molecule has 7 heteroatoms. The fourth-order valence-corrected chi connectivity index (χ4v) is 3.29. The van der Waals surface area contributed by atoms with E-state index in [0.29, 0.717) is 34.6 Å². The van der Waals surface area contributed by atoms with Crippen molar-refractivity contribution < 1.29 is 19.0 Å². The molecule has 0 radical (unpaired) electrons. The molecule has 3 aromatic rings. The van der Waals surface area contributed by atoms with Gasteiger partial charge in [0.25, 0.3) is 5.91 Å². The summed E-state index contributed by atoms with van der Waals surface area (Å²) in [5.74, 6) is 1.73. The Hall–Kier alpha value is -3.06. The number of aromatic nitrogens is 1. The predicted molar refractivity (Wildman–Crippen MR) is 111 cm³/mol. The van der Waals surface area contributed by atoms with E-state index in [0.717, 1.165) is 17.7 Å². The third-order valence-corrected chi connectivity index (χ3v) is 4.73. The molecular formula is C21H22N2O4S. The molecule has 1 aromatic heterocycles. The van der Waals surface area contributed by atoms with Gasteiger partial charge >= 0.3 is 0 Å². The molecule has 0 unspecified atom stereocenters. The highest BCUT2D eigenvalue weighted by Gasteiger charge is 2.12. The third-order valence-electron chi connectivity index (χ3n) is 3.97. The van der Waals surface area contributed by atoms with Gasteiger partial charge in [0, 0.05) is 16.5 Å². The molecular weight excluding hydrogens is 376 g/mol. The maximum atomic E-state index is 12.5. The minimum absolute atomic E-state index is 0.227. The first-order valence-corrected chi connectivity index (χ1v) is 9.74. The van der Waals surface area contributed by atoms with Gasteiger partial charge in [-0.15, -0.1) is 11.3 Å². The van der Waals surface area contributed by atoms with Crippen LogP contribution in [0.3, 0.4) is 0 Å². The Bertz CT molecular complexity index is 955. The van der Waals surface area contributed by atoms with Gasteiger partial charge in [0.05, 0.1) is 26.5 Å². The summed E-state index contributed by atoms with van der Waals surface area (Å²) < 4.78 is 16.2. The van der Waals surface area contributed by atoms with Crippen LogP contribution >= 0.6 is 11.3 Å². The second-order valence-electron chi connectivity index (χ2n) is 5.94. The van der Waals surface area contributed by atoms with Crippen molar-refractivity contribution in [1.82, 2.24) is 4.98 Å². The van der Waals surface area contributed by atoms with Crippen LogP contribution in [0.5, 0.6) is 17.2 Å². The first kappa shape index (κ1) is 19.7. The van der Waals surface area contributed by atoms with Crippen LogP contribution in [0.1, 0.15) is 23.7 Å². The summed E-state index contributed by atoms with van der Waals surface area (Å²) in [6.07, 6.45) is 0.911. The lowest BCUT2D eigenvalue weighted by Crippen LogP contribution is -2.11. The van der Waals surface area contributed by atoms with Crippen molar-refractivity contribution in [2.45, 2.75) is 13.3 Å². The van der Waals surface area contributed by atoms with E-state index in [1.54, 1.807) is 32.4 Å². The third kappa shape index (κ3) is 4.61. The lowest BCUT2D eigenvalue weighted by molar-refractivity contribution is 0.102. The lowest BCUT2D eigenvalue weighted by atomic mass is 10.1. The number of anilines is 1. The van der Waals surface area contributed by atoms with E-state index in [2.05, 4.69) is 10.3 Å². The Kier molecular flexibility index (Phi) is 6.49. The van der Waals surface area contributed by atoms with E-state index in [9.17, 15) is 4.79 Å². The topological polar surface area (TPSA) is 69.7 Å². The van der Waals surface area contributed by atoms with Gasteiger partial charge in [-0.3, -0.25) is 10.1 Å². The number of carbonyl (C=O) groups is 1. The number of nitrogens with one attached hydrogen (secondary N) is 1. The molecule has 6 nitrogen and oxygen atoms in total. The van der Waals surface area contributed by atoms with Crippen molar-refractivity contribution in [2.24, 2.45) is 0 Å². The molecule has 2 aromatic carbocycles. The fourth-order valence-electron chi connectivity index (χ4n) is 2.58. The molecule has 0 aliphatic heterocycles. The molecule has 0 spiro atoms. The van der Waals surface area contributed by atoms with Gasteiger partial charge in [-0.05, 0) is 42.8 Å². The van der Waals surface area contributed by atoms with E-state index in [1.807, 2.05) is 36.6 Å². The number of ether oxygens (including phenoxy) is 3. The number of hydrogen-bond donors (Lipinski definition) is 1. The second kappa shape index (κ2) is 9.23. The zero-order valence-electron chi connectivity index (χ0n) is 16.0. The number of benzene rings is 2. The van der Waals surface area contributed by atoms with Crippen molar-refractivity contribution in [3.63, 3.8) is 0 Å². The van der Waals surface area contributed by atoms with E-state index in [-0.39, 0.29) is 5.91 Å². The fraction of sp³-hybridized carbons (Fsp3) is 0.238. The van der Waals surface area contributed by atoms with Gasteiger partial charge in [-0.25, -0.2) is 4.98 Å². The van der Waals surface area contributed by atoms with Crippen molar-refractivity contribution in [1.29, 1.82) is 0 Å². The van der Waals surface area contributed by atoms with Crippen molar-refractivity contribution in [2.75, 3.05) is 26.1 Å². The van der Waals surface area contributed by atoms with Gasteiger partial charge in [0.2, 0.25) is 0 Å². The van der Waals surface area contributed by atoms with E-state index >= 15 is 0 Å². The zero-order chi connectivity index (χ0) is 19.9. The van der Waals surface area contributed by atoms with Crippen LogP contribution in [0.15, 0.2) is 47.8 Å². The average molecular weight is 398 g/mol. The quantitative estimate of drug-likeness (QED) is 0.586. The number of amides is 1. The average Bonchev–Trinajstić information content (AvgIpc) is 3.20. The van der Waals surface area contributed by atoms with Crippen LogP contribution in [0.4, 0.5) is 5.13 Å². The summed E-state index contributed by atoms with van der Waals surface area (Å²) >= 11 is 1.36. The van der Waals surface area contributed by atoms with Crippen LogP contribution in [-0.2, 0) is 0 Å². The smallest absolute Gasteiger partial charge is 0.257 e. The van der Waals surface area contributed by atoms with Gasteiger partial charge < -0.3 is 14.2 Å². The Morgan fingerprint density at radius 3 is 2.68 bits per heavy atom. The monoisotopic (exact) mass is 398 g/mol. The zero-order valence-corrected chi connectivity index (χ0v) is 16.8. The minimum Gasteiger partial charge on any atom is -0.494 e. The van der Waals surface area contributed by atoms with Crippen molar-refractivity contribution >= 4 is 22.4 Å². The first-order valence-electron chi connectivity index (χ1n) is 8.86. The number of carbonyl (C=O) groups excluding carboxylic acids is 1. The Labute approximate surface area is 168 Å². The molecule has 0 aliphatic rings. The maximum Gasteiger partial charge on any atom is 0.257 e. The summed E-state index contributed by atoms with van der Waals surface area (Å²) in [7, 11) is 3.18. The van der Waals surface area contributed by atoms with Crippen LogP contribution in [-0.4, -0.2) is 31.7 Å². The van der Waals surface area contributed by atoms with Gasteiger partial charge in [0.1, 0.15) is 5.75 Å². The number of rotatable bonds is 8. The number of nitrogens with zero attached hydrogens (tertiary/aromatic N) is 1. The molecule has 0 atom stereocenters. The summed E-state index contributed by atoms with van der Waals surface area (Å²) in [6.45, 7) is 2.65. The Balaban J connectivity index is 1.73. The van der Waals surface area contributed by atoms with Gasteiger partial charge in [-0.1, -0.05) is 13.0 Å². The highest BCUT2D eigenvalue weighted by Crippen LogP contribution is 2.33. The molecule has 3 rings (SSSR count). The number of methoxy groups -OCH3 is 2.